The van der Waals surface area contributed by atoms with Crippen molar-refractivity contribution in [2.24, 2.45) is 5.92 Å². The molecule has 108 valence electrons. The lowest BCUT2D eigenvalue weighted by molar-refractivity contribution is 0.190. The van der Waals surface area contributed by atoms with Crippen molar-refractivity contribution in [3.8, 4) is 0 Å². The van der Waals surface area contributed by atoms with Crippen LogP contribution in [0.5, 0.6) is 0 Å². The number of hydrogen-bond acceptors (Lipinski definition) is 4. The third-order valence-corrected chi connectivity index (χ3v) is 5.55. The Kier molecular flexibility index (Phi) is 7.19. The number of piperidine rings is 1. The molecule has 1 aliphatic rings. The lowest BCUT2D eigenvalue weighted by Gasteiger charge is -2.31. The van der Waals surface area contributed by atoms with Crippen molar-refractivity contribution >= 4 is 9.84 Å². The molecule has 0 unspecified atom stereocenters. The lowest BCUT2D eigenvalue weighted by Crippen LogP contribution is -2.38. The Balaban J connectivity index is 2.08. The highest BCUT2D eigenvalue weighted by molar-refractivity contribution is 7.91. The zero-order valence-electron chi connectivity index (χ0n) is 11.8. The van der Waals surface area contributed by atoms with Crippen LogP contribution in [0.25, 0.3) is 0 Å². The fraction of sp³-hybridized carbons (Fsp3) is 1.00. The van der Waals surface area contributed by atoms with Crippen LogP contribution in [0.1, 0.15) is 33.1 Å². The first-order chi connectivity index (χ1) is 8.57. The predicted molar refractivity (Wildman–Crippen MR) is 76.7 cm³/mol. The van der Waals surface area contributed by atoms with Gasteiger partial charge in [0.05, 0.1) is 5.75 Å². The van der Waals surface area contributed by atoms with E-state index in [1.807, 2.05) is 6.92 Å². The van der Waals surface area contributed by atoms with E-state index in [2.05, 4.69) is 17.1 Å². The fourth-order valence-electron chi connectivity index (χ4n) is 2.45. The highest BCUT2D eigenvalue weighted by atomic mass is 32.2. The smallest absolute Gasteiger partial charge is 0.151 e. The molecule has 0 aromatic rings. The summed E-state index contributed by atoms with van der Waals surface area (Å²) in [4.78, 5) is 2.47. The third-order valence-electron chi connectivity index (χ3n) is 3.69. The van der Waals surface area contributed by atoms with Crippen LogP contribution >= 0.6 is 0 Å². The van der Waals surface area contributed by atoms with E-state index in [4.69, 9.17) is 0 Å². The van der Waals surface area contributed by atoms with Crippen LogP contribution in [0.3, 0.4) is 0 Å². The van der Waals surface area contributed by atoms with Gasteiger partial charge in [-0.25, -0.2) is 8.42 Å². The van der Waals surface area contributed by atoms with Crippen LogP contribution in [0.15, 0.2) is 0 Å². The molecule has 0 saturated carbocycles. The van der Waals surface area contributed by atoms with Gasteiger partial charge >= 0.3 is 0 Å². The van der Waals surface area contributed by atoms with Gasteiger partial charge in [0.1, 0.15) is 0 Å². The van der Waals surface area contributed by atoms with E-state index in [-0.39, 0.29) is 5.75 Å². The Bertz CT molecular complexity index is 309. The molecule has 0 radical (unpaired) electrons. The summed E-state index contributed by atoms with van der Waals surface area (Å²) in [6, 6.07) is 0. The summed E-state index contributed by atoms with van der Waals surface area (Å²) < 4.78 is 23.0. The monoisotopic (exact) mass is 276 g/mol. The second-order valence-electron chi connectivity index (χ2n) is 5.23. The topological polar surface area (TPSA) is 49.4 Å². The Morgan fingerprint density at radius 2 is 1.83 bits per heavy atom. The van der Waals surface area contributed by atoms with E-state index >= 15 is 0 Å². The molecule has 4 nitrogen and oxygen atoms in total. The molecular formula is C13H28N2O2S. The largest absolute Gasteiger partial charge is 0.315 e. The van der Waals surface area contributed by atoms with Crippen molar-refractivity contribution in [3.63, 3.8) is 0 Å². The molecule has 1 rings (SSSR count). The first-order valence-corrected chi connectivity index (χ1v) is 9.03. The summed E-state index contributed by atoms with van der Waals surface area (Å²) >= 11 is 0. The average molecular weight is 276 g/mol. The molecule has 1 N–H and O–H groups in total. The van der Waals surface area contributed by atoms with Crippen LogP contribution in [0, 0.1) is 5.92 Å². The maximum Gasteiger partial charge on any atom is 0.151 e. The molecule has 0 aliphatic carbocycles. The molecular weight excluding hydrogens is 248 g/mol. The summed E-state index contributed by atoms with van der Waals surface area (Å²) in [5.74, 6) is 1.33. The molecule has 18 heavy (non-hydrogen) atoms. The number of nitrogens with zero attached hydrogens (tertiary/aromatic N) is 1. The molecule has 0 aromatic heterocycles. The van der Waals surface area contributed by atoms with E-state index in [9.17, 15) is 8.42 Å². The highest BCUT2D eigenvalue weighted by Crippen LogP contribution is 2.15. The third kappa shape index (κ3) is 6.16. The molecule has 0 aromatic carbocycles. The quantitative estimate of drug-likeness (QED) is 0.675. The SMILES string of the molecule is CCCS(=O)(=O)CCNCC1CCN(CC)CC1. The number of rotatable bonds is 8. The maximum atomic E-state index is 11.5. The molecule has 0 bridgehead atoms. The summed E-state index contributed by atoms with van der Waals surface area (Å²) in [6.45, 7) is 9.22. The lowest BCUT2D eigenvalue weighted by atomic mass is 9.97. The van der Waals surface area contributed by atoms with Crippen molar-refractivity contribution in [2.75, 3.05) is 44.2 Å². The first kappa shape index (κ1) is 15.9. The second kappa shape index (κ2) is 8.12. The molecule has 0 amide bonds. The Morgan fingerprint density at radius 3 is 2.39 bits per heavy atom. The fourth-order valence-corrected chi connectivity index (χ4v) is 3.74. The normalized spacial score (nSPS) is 19.2. The van der Waals surface area contributed by atoms with Gasteiger partial charge in [0.25, 0.3) is 0 Å². The van der Waals surface area contributed by atoms with E-state index in [1.54, 1.807) is 0 Å². The molecule has 5 heteroatoms. The standard InChI is InChI=1S/C13H28N2O2S/c1-3-10-18(16,17)11-7-14-12-13-5-8-15(4-2)9-6-13/h13-14H,3-12H2,1-2H3. The first-order valence-electron chi connectivity index (χ1n) is 7.21. The summed E-state index contributed by atoms with van der Waals surface area (Å²) in [5.41, 5.74) is 0. The van der Waals surface area contributed by atoms with Gasteiger partial charge < -0.3 is 10.2 Å². The van der Waals surface area contributed by atoms with Gasteiger partial charge in [-0.15, -0.1) is 0 Å². The predicted octanol–water partition coefficient (Wildman–Crippen LogP) is 1.13. The molecule has 0 atom stereocenters. The van der Waals surface area contributed by atoms with Crippen molar-refractivity contribution in [3.05, 3.63) is 0 Å². The summed E-state index contributed by atoms with van der Waals surface area (Å²) in [7, 11) is -2.82. The molecule has 1 heterocycles. The van der Waals surface area contributed by atoms with E-state index < -0.39 is 9.84 Å². The Morgan fingerprint density at radius 1 is 1.17 bits per heavy atom. The molecule has 1 fully saturated rings. The minimum absolute atomic E-state index is 0.286. The molecule has 0 spiro atoms. The number of hydrogen-bond donors (Lipinski definition) is 1. The number of nitrogens with one attached hydrogen (secondary N) is 1. The number of sulfone groups is 1. The van der Waals surface area contributed by atoms with Gasteiger partial charge in [-0.1, -0.05) is 13.8 Å². The summed E-state index contributed by atoms with van der Waals surface area (Å²) in [5, 5.41) is 3.30. The zero-order valence-corrected chi connectivity index (χ0v) is 12.6. The second-order valence-corrected chi connectivity index (χ2v) is 7.54. The maximum absolute atomic E-state index is 11.5. The van der Waals surface area contributed by atoms with Crippen molar-refractivity contribution < 1.29 is 8.42 Å². The highest BCUT2D eigenvalue weighted by Gasteiger charge is 2.17. The van der Waals surface area contributed by atoms with Crippen LogP contribution in [0.2, 0.25) is 0 Å². The Labute approximate surface area is 112 Å². The van der Waals surface area contributed by atoms with Crippen LogP contribution < -0.4 is 5.32 Å². The van der Waals surface area contributed by atoms with Crippen molar-refractivity contribution in [1.82, 2.24) is 10.2 Å². The van der Waals surface area contributed by atoms with Gasteiger partial charge in [-0.05, 0) is 51.4 Å². The van der Waals surface area contributed by atoms with Crippen LogP contribution in [0.4, 0.5) is 0 Å². The van der Waals surface area contributed by atoms with Crippen LogP contribution in [-0.2, 0) is 9.84 Å². The minimum Gasteiger partial charge on any atom is -0.315 e. The van der Waals surface area contributed by atoms with Gasteiger partial charge in [-0.3, -0.25) is 0 Å². The zero-order chi connectivity index (χ0) is 13.4. The molecule has 1 saturated heterocycles. The van der Waals surface area contributed by atoms with Crippen molar-refractivity contribution in [2.45, 2.75) is 33.1 Å². The van der Waals surface area contributed by atoms with Gasteiger partial charge in [0, 0.05) is 12.3 Å². The summed E-state index contributed by atoms with van der Waals surface area (Å²) in [6.07, 6.45) is 3.20. The van der Waals surface area contributed by atoms with E-state index in [0.29, 0.717) is 12.3 Å². The van der Waals surface area contributed by atoms with Gasteiger partial charge in [0.2, 0.25) is 0 Å². The average Bonchev–Trinajstić information content (AvgIpc) is 2.35. The van der Waals surface area contributed by atoms with Gasteiger partial charge in [0.15, 0.2) is 9.84 Å². The minimum atomic E-state index is -2.82. The molecule has 1 aliphatic heterocycles. The van der Waals surface area contributed by atoms with Crippen LogP contribution in [-0.4, -0.2) is 57.5 Å². The number of likely N-dealkylation sites (tertiary alicyclic amines) is 1. The van der Waals surface area contributed by atoms with Crippen molar-refractivity contribution in [1.29, 1.82) is 0 Å². The van der Waals surface area contributed by atoms with E-state index in [1.165, 1.54) is 25.9 Å². The Hall–Kier alpha value is -0.130. The van der Waals surface area contributed by atoms with E-state index in [0.717, 1.165) is 25.4 Å². The van der Waals surface area contributed by atoms with Gasteiger partial charge in [-0.2, -0.15) is 0 Å².